The molecule has 1 aliphatic rings. The lowest BCUT2D eigenvalue weighted by Crippen LogP contribution is -2.43. The normalized spacial score (nSPS) is 12.3. The molecule has 14 N–H and O–H groups in total. The Morgan fingerprint density at radius 1 is 0.439 bits per heavy atom. The molecule has 1 saturated carbocycles. The summed E-state index contributed by atoms with van der Waals surface area (Å²) < 4.78 is 7.66. The second-order valence-electron chi connectivity index (χ2n) is 30.0. The molecule has 30 heteroatoms. The van der Waals surface area contributed by atoms with Gasteiger partial charge >= 0.3 is 0 Å². The molecule has 0 saturated heterocycles. The average molecular weight is 1650 g/mol. The van der Waals surface area contributed by atoms with Gasteiger partial charge in [-0.3, -0.25) is 14.6 Å². The number of nitrogen functional groups attached to an aromatic ring is 4. The quantitative estimate of drug-likeness (QED) is 0.0169. The minimum atomic E-state index is -0.444. The van der Waals surface area contributed by atoms with Crippen molar-refractivity contribution < 1.29 is 34.8 Å². The van der Waals surface area contributed by atoms with Crippen LogP contribution < -0.4 is 33.6 Å². The lowest BCUT2D eigenvalue weighted by Gasteiger charge is -2.24. The van der Waals surface area contributed by atoms with Crippen LogP contribution in [0.1, 0.15) is 123 Å². The van der Waals surface area contributed by atoms with Gasteiger partial charge in [0.25, 0.3) is 23.2 Å². The third kappa shape index (κ3) is 20.5. The largest absolute Gasteiger partial charge is 0.396 e. The predicted octanol–water partition coefficient (Wildman–Crippen LogP) is 14.3. The number of anilines is 4. The van der Waals surface area contributed by atoms with Gasteiger partial charge in [0.15, 0.2) is 5.78 Å². The molecule has 4 aromatic carbocycles. The van der Waals surface area contributed by atoms with Crippen molar-refractivity contribution in [2.45, 2.75) is 138 Å². The number of aliphatic hydroxyl groups excluding tert-OH is 4. The van der Waals surface area contributed by atoms with Crippen LogP contribution >= 0.6 is 0 Å². The molecule has 1 fully saturated rings. The number of hydrogen-bond donors (Lipinski definition) is 10. The standard InChI is InChI=1S/C25H30N6O2.C24H22N6O.C23H24N6O2.C21H21N5O2/c1-6-25(3,4)30-24(33)18(27-5)14-19-20(17-10-8-16(2)9-11-17)21-22(26)28-15-29-23(21)31(19)12-7-13-32;1-16-7-9-17(10-8-16)21-20(14-19(26-2)18-6-3-4-11-27-18)30(12-5-13-31)24-22(21)23(25)28-15-29-24;1-14-4-6-15(7-5-14)19-18(12-17(25-2)23(31)28-16-8-9-16)29(10-3-11-30)22-20(19)21(24)26-13-27-22;1-13-5-7-15(8-6-13)18-17(11-16(23-3)14(2)28)26(9-4-10-27)21-19(18)20(22)24-12-25-21/h8-11,14-15,32H,6-7,12-13H2,1-4H3,(H,30,33)(H2,26,28,29);3-4,6-11,14-15,31H,5,12-13H2,1H3,(H2,25,28,29);4-7,12-13,16,30H,3,8-11H2,1H3,(H,28,31)(H2,24,26,27);5-8,11-12,27H,4,9-10H2,1-2H3,(H2,22,24,25)/b18-14-;19-14-;17-12-;16-11-. The number of rotatable bonds is 27. The highest BCUT2D eigenvalue weighted by molar-refractivity contribution is 6.11. The Morgan fingerprint density at radius 3 is 1.02 bits per heavy atom. The highest BCUT2D eigenvalue weighted by atomic mass is 16.3. The molecule has 0 unspecified atom stereocenters. The van der Waals surface area contributed by atoms with Crippen molar-refractivity contribution in [1.29, 1.82) is 0 Å². The number of Topliss-reactive ketones (excluding diaryl/α,β-unsaturated/α-hetero) is 1. The van der Waals surface area contributed by atoms with Crippen molar-refractivity contribution in [1.82, 2.24) is 73.8 Å². The van der Waals surface area contributed by atoms with Gasteiger partial charge in [0.2, 0.25) is 11.4 Å². The maximum absolute atomic E-state index is 13.0. The molecule has 0 bridgehead atoms. The van der Waals surface area contributed by atoms with Crippen LogP contribution in [0.5, 0.6) is 0 Å². The molecule has 0 spiro atoms. The SMILES string of the molecule is [C-]#[N+]/C(=C\c1c(-c2ccc(C)cc2)c2c(N)ncnc2n1CCCO)C(=O)NC(C)(C)CC.[C-]#[N+]/C(=C\c1c(-c2ccc(C)cc2)c2c(N)ncnc2n1CCCO)C(=O)NC1CC1.[C-]#[N+]/C(=C\c1c(-c2ccc(C)cc2)c2c(N)ncnc2n1CCCO)C(C)=O.[C-]#[N+]/C(=C\c1c(-c2ccc(C)cc2)c2c(N)ncnc2n1CCCO)c1ccccn1. The van der Waals surface area contributed by atoms with Crippen LogP contribution in [0.15, 0.2) is 164 Å². The number of carbonyl (C=O) groups excluding carboxylic acids is 3. The van der Waals surface area contributed by atoms with Gasteiger partial charge in [-0.1, -0.05) is 132 Å². The molecule has 9 aromatic heterocycles. The Morgan fingerprint density at radius 2 is 0.748 bits per heavy atom. The van der Waals surface area contributed by atoms with Crippen molar-refractivity contribution in [3.63, 3.8) is 0 Å². The zero-order valence-electron chi connectivity index (χ0n) is 69.8. The van der Waals surface area contributed by atoms with Crippen LogP contribution in [0, 0.1) is 54.0 Å². The molecular formula is C93H97N23O7. The topological polar surface area (TPSA) is 413 Å². The van der Waals surface area contributed by atoms with Crippen LogP contribution in [0.2, 0.25) is 0 Å². The first kappa shape index (κ1) is 88.9. The third-order valence-electron chi connectivity index (χ3n) is 20.7. The fourth-order valence-electron chi connectivity index (χ4n) is 14.0. The molecule has 1 aliphatic carbocycles. The summed E-state index contributed by atoms with van der Waals surface area (Å²) in [5.74, 6) is 0.196. The molecule has 2 amide bonds. The molecular weight excluding hydrogens is 1550 g/mol. The first-order chi connectivity index (χ1) is 59.4. The van der Waals surface area contributed by atoms with Gasteiger partial charge < -0.3 is 77.1 Å². The van der Waals surface area contributed by atoms with E-state index in [0.717, 1.165) is 97.1 Å². The second-order valence-corrected chi connectivity index (χ2v) is 30.0. The number of nitrogens with two attached hydrogens (primary N) is 4. The number of ketones is 1. The summed E-state index contributed by atoms with van der Waals surface area (Å²) in [6, 6.07) is 37.6. The first-order valence-corrected chi connectivity index (χ1v) is 40.0. The lowest BCUT2D eigenvalue weighted by atomic mass is 10.00. The zero-order chi connectivity index (χ0) is 88.2. The minimum Gasteiger partial charge on any atom is -0.396 e. The van der Waals surface area contributed by atoms with Crippen molar-refractivity contribution in [2.75, 3.05) is 49.4 Å². The average Bonchev–Trinajstić information content (AvgIpc) is 1.62. The monoisotopic (exact) mass is 1650 g/mol. The molecule has 123 heavy (non-hydrogen) atoms. The summed E-state index contributed by atoms with van der Waals surface area (Å²) >= 11 is 0. The fraction of sp³-hybridized carbons (Fsp3) is 0.269. The van der Waals surface area contributed by atoms with E-state index in [4.69, 9.17) is 49.2 Å². The van der Waals surface area contributed by atoms with Crippen molar-refractivity contribution in [2.24, 2.45) is 0 Å². The van der Waals surface area contributed by atoms with Gasteiger partial charge in [-0.15, -0.1) is 0 Å². The predicted molar refractivity (Wildman–Crippen MR) is 482 cm³/mol. The van der Waals surface area contributed by atoms with E-state index in [0.29, 0.717) is 142 Å². The van der Waals surface area contributed by atoms with Crippen LogP contribution in [0.3, 0.4) is 0 Å². The molecule has 13 aromatic rings. The number of nitrogens with zero attached hydrogens (tertiary/aromatic N) is 17. The molecule has 0 atom stereocenters. The fourth-order valence-corrected chi connectivity index (χ4v) is 14.0. The lowest BCUT2D eigenvalue weighted by molar-refractivity contribution is -0.119. The summed E-state index contributed by atoms with van der Waals surface area (Å²) in [4.78, 5) is 90.5. The minimum absolute atomic E-state index is 0.000142. The summed E-state index contributed by atoms with van der Waals surface area (Å²) in [5, 5.41) is 46.2. The molecule has 9 heterocycles. The van der Waals surface area contributed by atoms with E-state index in [1.807, 2.05) is 188 Å². The van der Waals surface area contributed by atoms with Crippen LogP contribution in [-0.2, 0) is 40.6 Å². The highest BCUT2D eigenvalue weighted by Crippen LogP contribution is 2.44. The van der Waals surface area contributed by atoms with Gasteiger partial charge in [0, 0.05) is 115 Å². The zero-order valence-corrected chi connectivity index (χ0v) is 69.8. The van der Waals surface area contributed by atoms with Crippen LogP contribution in [0.4, 0.5) is 23.3 Å². The number of aromatic nitrogens is 13. The van der Waals surface area contributed by atoms with E-state index in [-0.39, 0.29) is 61.3 Å². The van der Waals surface area contributed by atoms with Crippen LogP contribution in [-0.4, -0.2) is 139 Å². The Labute approximate surface area is 712 Å². The first-order valence-electron chi connectivity index (χ1n) is 40.0. The Hall–Kier alpha value is -14.9. The molecule has 0 radical (unpaired) electrons. The van der Waals surface area contributed by atoms with Crippen molar-refractivity contribution in [3.8, 4) is 44.5 Å². The van der Waals surface area contributed by atoms with Gasteiger partial charge in [-0.2, -0.15) is 0 Å². The Bertz CT molecular complexity index is 6360. The number of amides is 2. The summed E-state index contributed by atoms with van der Waals surface area (Å²) in [6.07, 6.45) is 18.5. The van der Waals surface area contributed by atoms with Crippen molar-refractivity contribution in [3.05, 3.63) is 260 Å². The Balaban J connectivity index is 0.000000160. The van der Waals surface area contributed by atoms with Gasteiger partial charge in [0.05, 0.1) is 53.5 Å². The van der Waals surface area contributed by atoms with E-state index in [1.54, 1.807) is 24.4 Å². The highest BCUT2D eigenvalue weighted by Gasteiger charge is 2.30. The van der Waals surface area contributed by atoms with Gasteiger partial charge in [-0.05, 0) is 152 Å². The number of aryl methyl sites for hydroxylation is 8. The maximum atomic E-state index is 13.0. The maximum Gasteiger partial charge on any atom is 0.252 e. The van der Waals surface area contributed by atoms with E-state index in [1.165, 1.54) is 32.2 Å². The number of fused-ring (bicyclic) bond motifs is 4. The number of benzene rings is 4. The van der Waals surface area contributed by atoms with Crippen molar-refractivity contribution >= 4 is 115 Å². The summed E-state index contributed by atoms with van der Waals surface area (Å²) in [5.41, 5.74) is 42.0. The van der Waals surface area contributed by atoms with E-state index < -0.39 is 11.4 Å². The number of allylic oxidation sites excluding steroid dienone is 1. The third-order valence-corrected chi connectivity index (χ3v) is 20.7. The van der Waals surface area contributed by atoms with E-state index in [9.17, 15) is 34.8 Å². The van der Waals surface area contributed by atoms with E-state index >= 15 is 0 Å². The molecule has 0 aliphatic heterocycles. The Kier molecular flexibility index (Phi) is 29.4. The van der Waals surface area contributed by atoms with E-state index in [2.05, 4.69) is 74.9 Å². The number of pyridine rings is 1. The summed E-state index contributed by atoms with van der Waals surface area (Å²) in [7, 11) is 0. The number of nitrogens with one attached hydrogen (secondary N) is 2. The molecule has 626 valence electrons. The molecule has 30 nitrogen and oxygen atoms in total. The van der Waals surface area contributed by atoms with Crippen LogP contribution in [0.25, 0.3) is 138 Å². The number of hydrogen-bond acceptors (Lipinski definition) is 20. The van der Waals surface area contributed by atoms with Gasteiger partial charge in [-0.25, -0.2) is 59.3 Å². The number of aliphatic hydroxyl groups is 4. The second kappa shape index (κ2) is 40.7. The smallest absolute Gasteiger partial charge is 0.252 e. The molecule has 14 rings (SSSR count). The number of carbonyl (C=O) groups is 3. The van der Waals surface area contributed by atoms with Gasteiger partial charge in [0.1, 0.15) is 71.2 Å². The summed E-state index contributed by atoms with van der Waals surface area (Å²) in [6.45, 7) is 47.5.